The van der Waals surface area contributed by atoms with E-state index < -0.39 is 6.10 Å². The van der Waals surface area contributed by atoms with Gasteiger partial charge in [0.15, 0.2) is 5.13 Å². The van der Waals surface area contributed by atoms with Crippen molar-refractivity contribution in [3.8, 4) is 0 Å². The number of nitrogens with zero attached hydrogens (tertiary/aromatic N) is 1. The monoisotopic (exact) mass is 263 g/mol. The van der Waals surface area contributed by atoms with E-state index in [-0.39, 0.29) is 18.3 Å². The van der Waals surface area contributed by atoms with Crippen LogP contribution in [0.5, 0.6) is 0 Å². The Morgan fingerprint density at radius 3 is 3.12 bits per heavy atom. The first-order valence-corrected chi connectivity index (χ1v) is 5.63. The molecule has 2 N–H and O–H groups in total. The number of anilines is 1. The minimum atomic E-state index is -0.400. The van der Waals surface area contributed by atoms with E-state index in [4.69, 9.17) is 4.74 Å². The van der Waals surface area contributed by atoms with Gasteiger partial charge in [-0.3, -0.25) is 10.1 Å². The van der Waals surface area contributed by atoms with Gasteiger partial charge in [0.25, 0.3) is 5.91 Å². The molecule has 5 nitrogen and oxygen atoms in total. The van der Waals surface area contributed by atoms with Gasteiger partial charge in [0.1, 0.15) is 6.10 Å². The molecule has 1 aromatic rings. The second kappa shape index (κ2) is 6.15. The van der Waals surface area contributed by atoms with Gasteiger partial charge in [-0.15, -0.1) is 23.7 Å². The Kier molecular flexibility index (Phi) is 5.14. The normalized spacial score (nSPS) is 19.9. The van der Waals surface area contributed by atoms with Crippen molar-refractivity contribution in [3.63, 3.8) is 0 Å². The number of amides is 1. The summed E-state index contributed by atoms with van der Waals surface area (Å²) < 4.78 is 5.32. The van der Waals surface area contributed by atoms with Crippen LogP contribution in [0.4, 0.5) is 5.13 Å². The first-order valence-electron chi connectivity index (χ1n) is 4.81. The number of morpholine rings is 1. The summed E-state index contributed by atoms with van der Waals surface area (Å²) in [6.07, 6.45) is 1.34. The maximum absolute atomic E-state index is 11.7. The molecule has 0 aliphatic carbocycles. The Balaban J connectivity index is 0.00000128. The van der Waals surface area contributed by atoms with Crippen LogP contribution in [-0.4, -0.2) is 36.7 Å². The zero-order chi connectivity index (χ0) is 10.7. The fourth-order valence-electron chi connectivity index (χ4n) is 1.33. The highest BCUT2D eigenvalue weighted by molar-refractivity contribution is 7.15. The molecule has 1 amide bonds. The lowest BCUT2D eigenvalue weighted by molar-refractivity contribution is -0.128. The molecule has 0 radical (unpaired) electrons. The second-order valence-corrected chi connectivity index (χ2v) is 4.56. The van der Waals surface area contributed by atoms with Crippen molar-refractivity contribution >= 4 is 34.8 Å². The van der Waals surface area contributed by atoms with E-state index in [1.165, 1.54) is 11.3 Å². The van der Waals surface area contributed by atoms with E-state index in [0.717, 1.165) is 11.4 Å². The molecule has 2 rings (SSSR count). The summed E-state index contributed by atoms with van der Waals surface area (Å²) in [6, 6.07) is 0. The maximum Gasteiger partial charge on any atom is 0.256 e. The van der Waals surface area contributed by atoms with Crippen molar-refractivity contribution in [3.05, 3.63) is 11.1 Å². The summed E-state index contributed by atoms with van der Waals surface area (Å²) in [4.78, 5) is 16.8. The number of hydrogen-bond acceptors (Lipinski definition) is 5. The molecule has 1 aliphatic rings. The van der Waals surface area contributed by atoms with Gasteiger partial charge >= 0.3 is 0 Å². The Hall–Kier alpha value is -0.690. The number of carbonyl (C=O) groups is 1. The summed E-state index contributed by atoms with van der Waals surface area (Å²) in [5, 5.41) is 6.47. The topological polar surface area (TPSA) is 63.2 Å². The summed E-state index contributed by atoms with van der Waals surface area (Å²) in [7, 11) is 0. The minimum absolute atomic E-state index is 0. The van der Waals surface area contributed by atoms with Crippen molar-refractivity contribution in [2.24, 2.45) is 0 Å². The molecule has 2 heterocycles. The van der Waals surface area contributed by atoms with Crippen LogP contribution in [0.3, 0.4) is 0 Å². The standard InChI is InChI=1S/C9H13N3O2S.ClH/c1-6-4-11-9(15-6)12-8(13)7-5-10-2-3-14-7;/h4,7,10H,2-3,5H2,1H3,(H,11,12,13);1H/t7-;/m0./s1. The molecule has 1 saturated heterocycles. The van der Waals surface area contributed by atoms with Crippen LogP contribution >= 0.6 is 23.7 Å². The Morgan fingerprint density at radius 2 is 2.56 bits per heavy atom. The molecule has 0 aromatic carbocycles. The number of nitrogens with one attached hydrogen (secondary N) is 2. The van der Waals surface area contributed by atoms with Crippen LogP contribution in [0.15, 0.2) is 6.20 Å². The third kappa shape index (κ3) is 3.41. The number of aryl methyl sites for hydroxylation is 1. The fraction of sp³-hybridized carbons (Fsp3) is 0.556. The first-order chi connectivity index (χ1) is 7.25. The molecule has 0 spiro atoms. The van der Waals surface area contributed by atoms with Crippen LogP contribution in [0.2, 0.25) is 0 Å². The van der Waals surface area contributed by atoms with Gasteiger partial charge in [-0.25, -0.2) is 4.98 Å². The summed E-state index contributed by atoms with van der Waals surface area (Å²) in [6.45, 7) is 3.90. The molecule has 16 heavy (non-hydrogen) atoms. The summed E-state index contributed by atoms with van der Waals surface area (Å²) in [5.41, 5.74) is 0. The number of halogens is 1. The Bertz CT molecular complexity index is 352. The van der Waals surface area contributed by atoms with Gasteiger partial charge in [-0.05, 0) is 6.92 Å². The third-order valence-electron chi connectivity index (χ3n) is 2.07. The zero-order valence-electron chi connectivity index (χ0n) is 8.86. The number of carbonyl (C=O) groups excluding carboxylic acids is 1. The number of hydrogen-bond donors (Lipinski definition) is 2. The highest BCUT2D eigenvalue weighted by atomic mass is 35.5. The molecule has 0 bridgehead atoms. The Labute approximate surface area is 104 Å². The van der Waals surface area contributed by atoms with Crippen molar-refractivity contribution < 1.29 is 9.53 Å². The van der Waals surface area contributed by atoms with Gasteiger partial charge in [0.05, 0.1) is 6.61 Å². The predicted octanol–water partition coefficient (Wildman–Crippen LogP) is 0.800. The largest absolute Gasteiger partial charge is 0.366 e. The average molecular weight is 264 g/mol. The van der Waals surface area contributed by atoms with Crippen LogP contribution < -0.4 is 10.6 Å². The lowest BCUT2D eigenvalue weighted by Crippen LogP contribution is -2.45. The molecule has 1 aliphatic heterocycles. The van der Waals surface area contributed by atoms with Crippen LogP contribution in [0.25, 0.3) is 0 Å². The molecular formula is C9H14ClN3O2S. The van der Waals surface area contributed by atoms with E-state index in [2.05, 4.69) is 15.6 Å². The fourth-order valence-corrected chi connectivity index (χ4v) is 2.00. The van der Waals surface area contributed by atoms with E-state index in [9.17, 15) is 4.79 Å². The maximum atomic E-state index is 11.7. The zero-order valence-corrected chi connectivity index (χ0v) is 10.5. The quantitative estimate of drug-likeness (QED) is 0.829. The Morgan fingerprint density at radius 1 is 1.75 bits per heavy atom. The lowest BCUT2D eigenvalue weighted by Gasteiger charge is -2.22. The van der Waals surface area contributed by atoms with Gasteiger partial charge < -0.3 is 10.1 Å². The minimum Gasteiger partial charge on any atom is -0.366 e. The number of rotatable bonds is 2. The first kappa shape index (κ1) is 13.4. The molecule has 90 valence electrons. The van der Waals surface area contributed by atoms with Crippen molar-refractivity contribution in [1.82, 2.24) is 10.3 Å². The van der Waals surface area contributed by atoms with E-state index >= 15 is 0 Å². The second-order valence-electron chi connectivity index (χ2n) is 3.33. The molecule has 0 unspecified atom stereocenters. The van der Waals surface area contributed by atoms with Gasteiger partial charge in [0.2, 0.25) is 0 Å². The third-order valence-corrected chi connectivity index (χ3v) is 2.90. The van der Waals surface area contributed by atoms with Crippen LogP contribution in [0, 0.1) is 6.92 Å². The molecule has 1 atom stereocenters. The molecule has 1 aromatic heterocycles. The number of ether oxygens (including phenoxy) is 1. The molecule has 1 fully saturated rings. The molecule has 0 saturated carbocycles. The smallest absolute Gasteiger partial charge is 0.256 e. The number of aromatic nitrogens is 1. The van der Waals surface area contributed by atoms with Crippen molar-refractivity contribution in [2.45, 2.75) is 13.0 Å². The highest BCUT2D eigenvalue weighted by Gasteiger charge is 2.22. The van der Waals surface area contributed by atoms with Gasteiger partial charge in [-0.2, -0.15) is 0 Å². The summed E-state index contributed by atoms with van der Waals surface area (Å²) >= 11 is 1.46. The average Bonchev–Trinajstić information content (AvgIpc) is 2.65. The van der Waals surface area contributed by atoms with Crippen LogP contribution in [0.1, 0.15) is 4.88 Å². The predicted molar refractivity (Wildman–Crippen MR) is 65.3 cm³/mol. The van der Waals surface area contributed by atoms with Crippen molar-refractivity contribution in [1.29, 1.82) is 0 Å². The van der Waals surface area contributed by atoms with Gasteiger partial charge in [0, 0.05) is 24.2 Å². The van der Waals surface area contributed by atoms with Crippen LogP contribution in [-0.2, 0) is 9.53 Å². The van der Waals surface area contributed by atoms with Gasteiger partial charge in [-0.1, -0.05) is 0 Å². The van der Waals surface area contributed by atoms with Crippen molar-refractivity contribution in [2.75, 3.05) is 25.0 Å². The highest BCUT2D eigenvalue weighted by Crippen LogP contribution is 2.16. The lowest BCUT2D eigenvalue weighted by atomic mass is 10.3. The van der Waals surface area contributed by atoms with E-state index in [1.807, 2.05) is 6.92 Å². The molecular weight excluding hydrogens is 250 g/mol. The summed E-state index contributed by atoms with van der Waals surface area (Å²) in [5.74, 6) is -0.128. The van der Waals surface area contributed by atoms with E-state index in [0.29, 0.717) is 18.3 Å². The number of thiazole rings is 1. The SMILES string of the molecule is Cc1cnc(NC(=O)[C@@H]2CNCCO2)s1.Cl. The molecule has 7 heteroatoms. The van der Waals surface area contributed by atoms with E-state index in [1.54, 1.807) is 6.20 Å².